The Labute approximate surface area is 243 Å². The molecule has 3 aliphatic carbocycles. The molecule has 1 spiro atoms. The van der Waals surface area contributed by atoms with Gasteiger partial charge in [-0.25, -0.2) is 0 Å². The number of fused-ring (bicyclic) bond motifs is 9. The number of allylic oxidation sites excluding steroid dienone is 8. The van der Waals surface area contributed by atoms with Crippen molar-refractivity contribution in [2.45, 2.75) is 62.6 Å². The van der Waals surface area contributed by atoms with E-state index in [-0.39, 0.29) is 17.3 Å². The lowest BCUT2D eigenvalue weighted by Crippen LogP contribution is -2.41. The average Bonchev–Trinajstić information content (AvgIpc) is 3.40. The highest BCUT2D eigenvalue weighted by Crippen LogP contribution is 2.65. The van der Waals surface area contributed by atoms with Crippen LogP contribution in [0, 0.1) is 5.92 Å². The number of hydrogen-bond acceptors (Lipinski definition) is 3. The highest BCUT2D eigenvalue weighted by molar-refractivity contribution is 6.55. The third-order valence-corrected chi connectivity index (χ3v) is 10.5. The van der Waals surface area contributed by atoms with Gasteiger partial charge < -0.3 is 14.0 Å². The minimum Gasteiger partial charge on any atom is -0.456 e. The zero-order chi connectivity index (χ0) is 28.0. The first kappa shape index (κ1) is 25.1. The van der Waals surface area contributed by atoms with Gasteiger partial charge in [0.2, 0.25) is 0 Å². The summed E-state index contributed by atoms with van der Waals surface area (Å²) >= 11 is 0. The fourth-order valence-corrected chi connectivity index (χ4v) is 7.86. The van der Waals surface area contributed by atoms with Crippen LogP contribution in [0.15, 0.2) is 115 Å². The van der Waals surface area contributed by atoms with Crippen LogP contribution in [0.2, 0.25) is 0 Å². The Balaban J connectivity index is 1.34. The smallest absolute Gasteiger partial charge is 0.456 e. The third-order valence-electron chi connectivity index (χ3n) is 10.5. The molecule has 41 heavy (non-hydrogen) atoms. The van der Waals surface area contributed by atoms with Crippen molar-refractivity contribution in [1.82, 2.24) is 0 Å². The van der Waals surface area contributed by atoms with Crippen LogP contribution in [-0.4, -0.2) is 18.3 Å². The maximum atomic E-state index is 6.96. The Hall–Kier alpha value is -3.60. The van der Waals surface area contributed by atoms with Gasteiger partial charge in [0.25, 0.3) is 0 Å². The van der Waals surface area contributed by atoms with Gasteiger partial charge in [-0.15, -0.1) is 0 Å². The van der Waals surface area contributed by atoms with E-state index < -0.39 is 18.3 Å². The fraction of sp³-hybridized carbons (Fsp3) is 0.297. The highest BCUT2D eigenvalue weighted by Gasteiger charge is 2.58. The molecular weight excluding hydrogens is 503 g/mol. The second-order valence-electron chi connectivity index (χ2n) is 13.0. The van der Waals surface area contributed by atoms with Crippen molar-refractivity contribution in [3.63, 3.8) is 0 Å². The van der Waals surface area contributed by atoms with Crippen molar-refractivity contribution >= 4 is 7.12 Å². The van der Waals surface area contributed by atoms with Crippen LogP contribution in [0.3, 0.4) is 0 Å². The second-order valence-corrected chi connectivity index (χ2v) is 13.0. The molecule has 3 aromatic rings. The number of ether oxygens (including phenoxy) is 1. The van der Waals surface area contributed by atoms with Gasteiger partial charge in [0.1, 0.15) is 11.5 Å². The Morgan fingerprint density at radius 3 is 2.22 bits per heavy atom. The van der Waals surface area contributed by atoms with Crippen molar-refractivity contribution in [2.24, 2.45) is 5.92 Å². The van der Waals surface area contributed by atoms with Gasteiger partial charge in [0, 0.05) is 34.4 Å². The summed E-state index contributed by atoms with van der Waals surface area (Å²) in [4.78, 5) is 0. The van der Waals surface area contributed by atoms with Crippen molar-refractivity contribution in [1.29, 1.82) is 0 Å². The van der Waals surface area contributed by atoms with E-state index in [9.17, 15) is 0 Å². The molecule has 4 atom stereocenters. The van der Waals surface area contributed by atoms with Crippen LogP contribution in [-0.2, 0) is 14.7 Å². The first-order valence-electron chi connectivity index (χ1n) is 14.9. The average molecular weight is 538 g/mol. The van der Waals surface area contributed by atoms with Gasteiger partial charge in [0.05, 0.1) is 16.6 Å². The predicted molar refractivity (Wildman–Crippen MR) is 164 cm³/mol. The predicted octanol–water partition coefficient (Wildman–Crippen LogP) is 8.57. The Kier molecular flexibility index (Phi) is 5.34. The number of hydrogen-bond donors (Lipinski definition) is 0. The van der Waals surface area contributed by atoms with E-state index in [1.807, 2.05) is 0 Å². The zero-order valence-corrected chi connectivity index (χ0v) is 24.1. The molecule has 0 saturated carbocycles. The molecule has 2 heterocycles. The lowest BCUT2D eigenvalue weighted by molar-refractivity contribution is 0.00578. The maximum absolute atomic E-state index is 6.96. The topological polar surface area (TPSA) is 27.7 Å². The van der Waals surface area contributed by atoms with Crippen molar-refractivity contribution in [3.05, 3.63) is 143 Å². The molecule has 0 N–H and O–H groups in total. The van der Waals surface area contributed by atoms with E-state index in [0.717, 1.165) is 23.4 Å². The molecule has 1 saturated heterocycles. The summed E-state index contributed by atoms with van der Waals surface area (Å²) in [5, 5.41) is 0. The van der Waals surface area contributed by atoms with E-state index in [1.165, 1.54) is 27.8 Å². The normalized spacial score (nSPS) is 29.4. The summed E-state index contributed by atoms with van der Waals surface area (Å²) in [6.07, 6.45) is 16.7. The molecule has 0 amide bonds. The Bertz CT molecular complexity index is 1680. The molecule has 8 rings (SSSR count). The first-order chi connectivity index (χ1) is 19.8. The largest absolute Gasteiger partial charge is 0.491 e. The molecule has 204 valence electrons. The molecule has 0 radical (unpaired) electrons. The summed E-state index contributed by atoms with van der Waals surface area (Å²) in [6, 6.07) is 24.5. The highest BCUT2D eigenvalue weighted by atomic mass is 16.7. The first-order valence-corrected chi connectivity index (χ1v) is 14.9. The second kappa shape index (κ2) is 8.70. The molecule has 5 aliphatic rings. The van der Waals surface area contributed by atoms with Gasteiger partial charge >= 0.3 is 7.12 Å². The van der Waals surface area contributed by atoms with E-state index in [4.69, 9.17) is 14.0 Å². The Morgan fingerprint density at radius 2 is 1.39 bits per heavy atom. The summed E-state index contributed by atoms with van der Waals surface area (Å²) in [6.45, 7) is 8.48. The van der Waals surface area contributed by atoms with E-state index >= 15 is 0 Å². The molecule has 2 aliphatic heterocycles. The van der Waals surface area contributed by atoms with E-state index in [1.54, 1.807) is 0 Å². The maximum Gasteiger partial charge on any atom is 0.491 e. The van der Waals surface area contributed by atoms with Crippen LogP contribution in [0.4, 0.5) is 0 Å². The summed E-state index contributed by atoms with van der Waals surface area (Å²) < 4.78 is 20.1. The van der Waals surface area contributed by atoms with Gasteiger partial charge in [-0.1, -0.05) is 103 Å². The lowest BCUT2D eigenvalue weighted by atomic mass is 9.60. The standard InChI is InChI=1S/C37H35BO3/c1-35(2)36(3,4)41-38(40-35)32-22-11-7-16-26(32)27-17-13-21-31-34(27)39-33-23-12-10-20-30(33)37(31)28-18-8-5-14-24(28)25-15-6-9-19-29(25)37/h5-15,17-24,26,28H,16H2,1-4H3. The molecule has 3 aromatic carbocycles. The van der Waals surface area contributed by atoms with Crippen LogP contribution in [0.1, 0.15) is 73.8 Å². The zero-order valence-electron chi connectivity index (χ0n) is 24.1. The molecule has 0 aromatic heterocycles. The molecule has 1 fully saturated rings. The molecule has 3 nitrogen and oxygen atoms in total. The monoisotopic (exact) mass is 538 g/mol. The minimum atomic E-state index is -0.404. The van der Waals surface area contributed by atoms with Crippen LogP contribution in [0.25, 0.3) is 0 Å². The van der Waals surface area contributed by atoms with Gasteiger partial charge in [-0.05, 0) is 56.8 Å². The quantitative estimate of drug-likeness (QED) is 0.306. The number of para-hydroxylation sites is 2. The summed E-state index contributed by atoms with van der Waals surface area (Å²) in [5.74, 6) is 2.58. The molecule has 4 unspecified atom stereocenters. The molecule has 4 heteroatoms. The van der Waals surface area contributed by atoms with Gasteiger partial charge in [0.15, 0.2) is 0 Å². The molecular formula is C37H35BO3. The lowest BCUT2D eigenvalue weighted by Gasteiger charge is -2.44. The summed E-state index contributed by atoms with van der Waals surface area (Å²) in [5.41, 5.74) is 6.48. The Morgan fingerprint density at radius 1 is 0.707 bits per heavy atom. The van der Waals surface area contributed by atoms with Gasteiger partial charge in [-0.3, -0.25) is 0 Å². The fourth-order valence-electron chi connectivity index (χ4n) is 7.86. The third kappa shape index (κ3) is 3.35. The van der Waals surface area contributed by atoms with Crippen LogP contribution < -0.4 is 4.74 Å². The van der Waals surface area contributed by atoms with Crippen LogP contribution in [0.5, 0.6) is 11.5 Å². The summed E-state index contributed by atoms with van der Waals surface area (Å²) in [7, 11) is -0.404. The van der Waals surface area contributed by atoms with Crippen molar-refractivity contribution < 1.29 is 14.0 Å². The molecule has 0 bridgehead atoms. The van der Waals surface area contributed by atoms with Crippen molar-refractivity contribution in [2.75, 3.05) is 0 Å². The number of rotatable bonds is 2. The minimum absolute atomic E-state index is 0.0844. The SMILES string of the molecule is CC1(C)OB(C2=CC=CCC2c2cccc3c2Oc2ccccc2C32c3ccccc3C3C=CC=CC32)OC1(C)C. The van der Waals surface area contributed by atoms with Gasteiger partial charge in [-0.2, -0.15) is 0 Å². The van der Waals surface area contributed by atoms with E-state index in [0.29, 0.717) is 5.92 Å². The van der Waals surface area contributed by atoms with E-state index in [2.05, 4.69) is 137 Å². The van der Waals surface area contributed by atoms with Crippen LogP contribution >= 0.6 is 0 Å². The van der Waals surface area contributed by atoms with Crippen molar-refractivity contribution in [3.8, 4) is 11.5 Å². The number of benzene rings is 3.